The number of nitrogens with one attached hydrogen (secondary N) is 4. The van der Waals surface area contributed by atoms with Gasteiger partial charge in [-0.2, -0.15) is 10.1 Å². The summed E-state index contributed by atoms with van der Waals surface area (Å²) in [5.41, 5.74) is 22.6. The quantitative estimate of drug-likeness (QED) is 0.0131. The molecule has 18 atom stereocenters. The molecular formula is C88H120F2N14O8. The van der Waals surface area contributed by atoms with E-state index in [9.17, 15) is 29.4 Å². The molecule has 2 heterocycles. The van der Waals surface area contributed by atoms with Gasteiger partial charge in [-0.15, -0.1) is 0 Å². The van der Waals surface area contributed by atoms with Gasteiger partial charge < -0.3 is 56.8 Å². The SMILES string of the molecule is C[C@@H]1[C@@H](NC(=O)[C@@H]2[C@H]([C@H](C)O)[C@H](CN)ON2Cc2cccc(-c3cc(C(=O)N[C@@H](Cc4ccccc4)CN(C)C)cc(N(C)C)c3)c2F)C[C@H]2C[C@@H]1C2(C)C.C[C@@H]1[C@@H](NC(=O)[C@@H]2[C@H]([C@H](C)O)[C@H](CN=[N+]=[N-])ON2Cc2cccc(-c3cc(C(=O)N[C@@H](Cc4ccccc4)CN(C)C)cc(N(C)C)c3)c2F)C[C@H]2C[C@@H]1C2(C)C. The predicted octanol–water partition coefficient (Wildman–Crippen LogP) is 11.5. The average Bonchev–Trinajstić information content (AvgIpc) is 0.878. The second-order valence-corrected chi connectivity index (χ2v) is 34.9. The Morgan fingerprint density at radius 1 is 0.580 bits per heavy atom. The molecule has 8 N–H and O–H groups in total. The van der Waals surface area contributed by atoms with Crippen LogP contribution in [0.1, 0.15) is 124 Å². The van der Waals surface area contributed by atoms with Crippen LogP contribution in [0.15, 0.2) is 139 Å². The molecule has 22 nitrogen and oxygen atoms in total. The summed E-state index contributed by atoms with van der Waals surface area (Å²) in [5, 5.41) is 41.7. The molecule has 0 spiro atoms. The Hall–Kier alpha value is -8.39. The van der Waals surface area contributed by atoms with Crippen molar-refractivity contribution in [1.82, 2.24) is 41.2 Å². The Labute approximate surface area is 661 Å². The number of anilines is 2. The third kappa shape index (κ3) is 18.8. The molecule has 0 radical (unpaired) electrons. The molecule has 0 unspecified atom stereocenters. The lowest BCUT2D eigenvalue weighted by atomic mass is 9.45. The zero-order chi connectivity index (χ0) is 80.9. The number of fused-ring (bicyclic) bond motifs is 4. The van der Waals surface area contributed by atoms with Crippen LogP contribution in [0.25, 0.3) is 32.7 Å². The van der Waals surface area contributed by atoms with Crippen molar-refractivity contribution >= 4 is 35.0 Å². The smallest absolute Gasteiger partial charge is 0.251 e. The monoisotopic (exact) mass is 1540 g/mol. The molecule has 6 saturated carbocycles. The van der Waals surface area contributed by atoms with E-state index in [0.29, 0.717) is 88.9 Å². The molecule has 2 aliphatic heterocycles. The number of aliphatic hydroxyl groups is 2. The van der Waals surface area contributed by atoms with Crippen molar-refractivity contribution in [2.24, 2.45) is 69.0 Å². The van der Waals surface area contributed by atoms with Gasteiger partial charge in [0.15, 0.2) is 0 Å². The number of azide groups is 1. The zero-order valence-electron chi connectivity index (χ0n) is 68.3. The second-order valence-electron chi connectivity index (χ2n) is 34.9. The van der Waals surface area contributed by atoms with Crippen molar-refractivity contribution in [3.8, 4) is 22.3 Å². The molecule has 0 aromatic heterocycles. The van der Waals surface area contributed by atoms with Crippen molar-refractivity contribution in [2.75, 3.05) is 92.4 Å². The minimum Gasteiger partial charge on any atom is -0.393 e. The number of carbonyl (C=O) groups is 4. The number of nitrogens with zero attached hydrogens (tertiary/aromatic N) is 9. The number of hydroxylamine groups is 4. The summed E-state index contributed by atoms with van der Waals surface area (Å²) in [6, 6.07) is 38.9. The van der Waals surface area contributed by atoms with E-state index in [2.05, 4.69) is 85.0 Å². The van der Waals surface area contributed by atoms with Crippen molar-refractivity contribution < 1.29 is 47.8 Å². The van der Waals surface area contributed by atoms with E-state index in [1.165, 1.54) is 16.5 Å². The van der Waals surface area contributed by atoms with Crippen LogP contribution in [0.3, 0.4) is 0 Å². The van der Waals surface area contributed by atoms with Gasteiger partial charge in [0.2, 0.25) is 11.8 Å². The van der Waals surface area contributed by atoms with E-state index in [0.717, 1.165) is 41.8 Å². The van der Waals surface area contributed by atoms with Crippen LogP contribution in [0.2, 0.25) is 0 Å². The van der Waals surface area contributed by atoms with E-state index < -0.39 is 60.0 Å². The van der Waals surface area contributed by atoms with E-state index in [1.54, 1.807) is 68.4 Å². The maximum atomic E-state index is 16.9. The van der Waals surface area contributed by atoms with Gasteiger partial charge in [-0.3, -0.25) is 28.9 Å². The third-order valence-corrected chi connectivity index (χ3v) is 25.6. The van der Waals surface area contributed by atoms with Gasteiger partial charge in [0.25, 0.3) is 11.8 Å². The highest BCUT2D eigenvalue weighted by molar-refractivity contribution is 5.98. The van der Waals surface area contributed by atoms with Crippen molar-refractivity contribution in [2.45, 2.75) is 168 Å². The second kappa shape index (κ2) is 36.0. The molecule has 4 bridgehead atoms. The van der Waals surface area contributed by atoms with E-state index in [-0.39, 0.29) is 102 Å². The number of halogens is 2. The minimum absolute atomic E-state index is 0.0182. The standard InChI is InChI=1S/C44H59FN8O4.C44H61FN6O4/c1-26-36-21-32(44(36,3)4)22-37(26)49-43(56)41-39(27(2)54)38(23-47-50-46)57-53(41)24-29-15-12-16-35(40(29)45)30-18-31(20-34(19-30)52(7)8)42(55)48-33(25-51(5)6)17-28-13-10-9-11-14-28;1-26-36-21-32(44(36,3)4)22-37(26)48-43(54)41-39(27(2)52)38(23-46)55-51(41)24-29-15-12-16-35(40(29)45)30-18-31(20-34(19-30)50(7)8)42(53)47-33(25-49(5)6)17-28-13-10-9-11-14-28/h9-16,18-20,26-27,32-33,36-39,41,54H,17,21-25H2,1-8H3,(H,48,55)(H,49,56);9-16,18-20,26-27,32-33,36-39,41,52H,17,21-25,46H2,1-8H3,(H,47,53)(H,48,54)/t2*26-,27-,32+,33-,36-,37-,38-,39+,41-/m00/s1. The third-order valence-electron chi connectivity index (χ3n) is 25.6. The van der Waals surface area contributed by atoms with Crippen LogP contribution in [-0.2, 0) is 45.2 Å². The lowest BCUT2D eigenvalue weighted by molar-refractivity contribution is -0.176. The van der Waals surface area contributed by atoms with Crippen molar-refractivity contribution in [3.05, 3.63) is 189 Å². The van der Waals surface area contributed by atoms with Gasteiger partial charge in [-0.05, 0) is 191 Å². The van der Waals surface area contributed by atoms with Gasteiger partial charge in [-0.25, -0.2) is 8.78 Å². The largest absolute Gasteiger partial charge is 0.393 e. The fourth-order valence-electron chi connectivity index (χ4n) is 19.2. The number of benzene rings is 6. The number of rotatable bonds is 29. The summed E-state index contributed by atoms with van der Waals surface area (Å²) >= 11 is 0. The maximum absolute atomic E-state index is 16.9. The van der Waals surface area contributed by atoms with Crippen molar-refractivity contribution in [3.63, 3.8) is 0 Å². The molecular weight excluding hydrogens is 1420 g/mol. The van der Waals surface area contributed by atoms with Crippen LogP contribution < -0.4 is 36.8 Å². The summed E-state index contributed by atoms with van der Waals surface area (Å²) in [6.07, 6.45) is 2.17. The Balaban J connectivity index is 0.000000222. The molecule has 2 saturated heterocycles. The highest BCUT2D eigenvalue weighted by atomic mass is 19.1. The average molecular weight is 1540 g/mol. The van der Waals surface area contributed by atoms with E-state index in [1.807, 2.05) is 143 Å². The molecule has 6 aromatic carbocycles. The number of hydrogen-bond donors (Lipinski definition) is 7. The van der Waals surface area contributed by atoms with E-state index in [4.69, 9.17) is 20.9 Å². The fourth-order valence-corrected chi connectivity index (χ4v) is 19.2. The first-order valence-electron chi connectivity index (χ1n) is 39.9. The minimum atomic E-state index is -0.986. The first-order chi connectivity index (χ1) is 53.2. The van der Waals surface area contributed by atoms with Gasteiger partial charge in [0, 0.05) is 133 Å². The number of amides is 4. The van der Waals surface area contributed by atoms with Crippen LogP contribution in [0.5, 0.6) is 0 Å². The molecule has 14 rings (SSSR count). The van der Waals surface area contributed by atoms with Crippen LogP contribution in [-0.4, -0.2) is 197 Å². The molecule has 4 amide bonds. The van der Waals surface area contributed by atoms with Gasteiger partial charge >= 0.3 is 0 Å². The van der Waals surface area contributed by atoms with Gasteiger partial charge in [0.05, 0.1) is 44.1 Å². The predicted molar refractivity (Wildman–Crippen MR) is 436 cm³/mol. The molecule has 6 aliphatic carbocycles. The molecule has 6 aromatic rings. The van der Waals surface area contributed by atoms with Crippen molar-refractivity contribution in [1.29, 1.82) is 0 Å². The lowest BCUT2D eigenvalue weighted by Gasteiger charge is -2.62. The van der Waals surface area contributed by atoms with Crippen LogP contribution >= 0.6 is 0 Å². The zero-order valence-corrected chi connectivity index (χ0v) is 68.3. The summed E-state index contributed by atoms with van der Waals surface area (Å²) in [7, 11) is 15.4. The Kier molecular flexibility index (Phi) is 27.1. The number of aliphatic hydroxyl groups excluding tert-OH is 2. The first kappa shape index (κ1) is 84.5. The van der Waals surface area contributed by atoms with E-state index >= 15 is 8.78 Å². The summed E-state index contributed by atoms with van der Waals surface area (Å²) in [6.45, 7) is 18.1. The lowest BCUT2D eigenvalue weighted by Crippen LogP contribution is -2.62. The number of likely N-dealkylation sites (N-methyl/N-ethyl adjacent to an activating group) is 2. The summed E-state index contributed by atoms with van der Waals surface area (Å²) in [4.78, 5) is 79.6. The summed E-state index contributed by atoms with van der Waals surface area (Å²) in [5.74, 6) is -0.651. The van der Waals surface area contributed by atoms with Gasteiger partial charge in [-0.1, -0.05) is 144 Å². The van der Waals surface area contributed by atoms with Crippen LogP contribution in [0, 0.1) is 69.8 Å². The number of carbonyl (C=O) groups excluding carboxylic acids is 4. The normalized spacial score (nSPS) is 26.6. The maximum Gasteiger partial charge on any atom is 0.251 e. The Morgan fingerprint density at radius 3 is 1.32 bits per heavy atom. The molecule has 8 fully saturated rings. The summed E-state index contributed by atoms with van der Waals surface area (Å²) < 4.78 is 33.7. The molecule has 24 heteroatoms. The fraction of sp³-hybridized carbons (Fsp3) is 0.545. The van der Waals surface area contributed by atoms with Gasteiger partial charge in [0.1, 0.15) is 23.7 Å². The first-order valence-corrected chi connectivity index (χ1v) is 39.9. The molecule has 112 heavy (non-hydrogen) atoms. The Morgan fingerprint density at radius 2 is 0.973 bits per heavy atom. The highest BCUT2D eigenvalue weighted by Gasteiger charge is 2.59. The topological polar surface area (TPSA) is 270 Å². The highest BCUT2D eigenvalue weighted by Crippen LogP contribution is 2.62. The molecule has 604 valence electrons. The molecule has 8 aliphatic rings. The van der Waals surface area contributed by atoms with Crippen LogP contribution in [0.4, 0.5) is 20.2 Å². The Bertz CT molecular complexity index is 4310. The number of hydrogen-bond acceptors (Lipinski definition) is 16. The number of nitrogens with two attached hydrogens (primary N) is 1.